The van der Waals surface area contributed by atoms with Crippen LogP contribution in [0, 0.1) is 6.92 Å². The van der Waals surface area contributed by atoms with E-state index in [4.69, 9.17) is 0 Å². The Bertz CT molecular complexity index is 1140. The second kappa shape index (κ2) is 8.22. The van der Waals surface area contributed by atoms with Gasteiger partial charge in [-0.05, 0) is 65.0 Å². The molecule has 1 aromatic heterocycles. The Balaban J connectivity index is 1.91. The van der Waals surface area contributed by atoms with Gasteiger partial charge in [0.25, 0.3) is 5.91 Å². The molecule has 1 heterocycles. The van der Waals surface area contributed by atoms with Crippen LogP contribution >= 0.6 is 11.3 Å². The first-order chi connectivity index (χ1) is 13.6. The van der Waals surface area contributed by atoms with E-state index in [9.17, 15) is 13.2 Å². The lowest BCUT2D eigenvalue weighted by atomic mass is 10.1. The fraction of sp³-hybridized carbons (Fsp3) is 0.333. The number of amides is 1. The molecule has 0 aliphatic rings. The maximum absolute atomic E-state index is 13.1. The number of benzene rings is 2. The minimum Gasteiger partial charge on any atom is -0.298 e. The maximum Gasteiger partial charge on any atom is 0.257 e. The van der Waals surface area contributed by atoms with Gasteiger partial charge >= 0.3 is 0 Å². The molecule has 0 unspecified atom stereocenters. The molecule has 1 N–H and O–H groups in total. The molecule has 29 heavy (non-hydrogen) atoms. The van der Waals surface area contributed by atoms with Crippen LogP contribution in [0.5, 0.6) is 0 Å². The van der Waals surface area contributed by atoms with Crippen LogP contribution in [0.2, 0.25) is 0 Å². The largest absolute Gasteiger partial charge is 0.298 e. The van der Waals surface area contributed by atoms with E-state index in [1.54, 1.807) is 30.3 Å². The number of hydrogen-bond donors (Lipinski definition) is 1. The number of anilines is 1. The molecule has 1 amide bonds. The number of thiazole rings is 1. The van der Waals surface area contributed by atoms with E-state index >= 15 is 0 Å². The van der Waals surface area contributed by atoms with Crippen molar-refractivity contribution in [2.45, 2.75) is 51.6 Å². The second-order valence-corrected chi connectivity index (χ2v) is 10.4. The van der Waals surface area contributed by atoms with Gasteiger partial charge in [0.15, 0.2) is 5.13 Å². The van der Waals surface area contributed by atoms with Crippen molar-refractivity contribution in [3.63, 3.8) is 0 Å². The van der Waals surface area contributed by atoms with Crippen molar-refractivity contribution in [2.75, 3.05) is 5.32 Å². The highest BCUT2D eigenvalue weighted by atomic mass is 32.2. The molecule has 0 aliphatic heterocycles. The smallest absolute Gasteiger partial charge is 0.257 e. The van der Waals surface area contributed by atoms with Crippen LogP contribution in [0.3, 0.4) is 0 Å². The molecule has 0 fully saturated rings. The summed E-state index contributed by atoms with van der Waals surface area (Å²) < 4.78 is 28.4. The van der Waals surface area contributed by atoms with E-state index < -0.39 is 10.0 Å². The number of nitrogens with one attached hydrogen (secondary N) is 1. The van der Waals surface area contributed by atoms with Gasteiger partial charge in [0.1, 0.15) is 0 Å². The fourth-order valence-electron chi connectivity index (χ4n) is 3.35. The number of fused-ring (bicyclic) bond motifs is 1. The molecule has 2 aromatic carbocycles. The van der Waals surface area contributed by atoms with E-state index in [0.717, 1.165) is 5.56 Å². The van der Waals surface area contributed by atoms with Crippen LogP contribution < -0.4 is 5.32 Å². The summed E-state index contributed by atoms with van der Waals surface area (Å²) in [5.74, 6) is -0.244. The highest BCUT2D eigenvalue weighted by Gasteiger charge is 2.29. The van der Waals surface area contributed by atoms with E-state index in [2.05, 4.69) is 10.3 Å². The number of aryl methyl sites for hydroxylation is 1. The minimum atomic E-state index is -3.63. The molecule has 3 rings (SSSR count). The zero-order valence-corrected chi connectivity index (χ0v) is 18.8. The molecular formula is C21H25N3O3S2. The molecule has 0 atom stereocenters. The Labute approximate surface area is 175 Å². The zero-order chi connectivity index (χ0) is 21.3. The first kappa shape index (κ1) is 21.4. The van der Waals surface area contributed by atoms with Gasteiger partial charge in [-0.2, -0.15) is 4.31 Å². The molecule has 154 valence electrons. The average Bonchev–Trinajstić information content (AvgIpc) is 3.02. The Kier molecular flexibility index (Phi) is 6.07. The Morgan fingerprint density at radius 1 is 1.07 bits per heavy atom. The number of rotatable bonds is 6. The first-order valence-electron chi connectivity index (χ1n) is 9.41. The molecule has 0 spiro atoms. The lowest BCUT2D eigenvalue weighted by Gasteiger charge is -2.29. The standard InChI is InChI=1S/C21H25N3O3S2/c1-13(2)24(14(3)4)29(26,27)17-9-10-18-19(12-17)28-21(22-18)23-20(25)16-8-6-7-15(5)11-16/h6-14H,1-5H3,(H,22,23,25). The van der Waals surface area contributed by atoms with Crippen LogP contribution in [0.4, 0.5) is 5.13 Å². The van der Waals surface area contributed by atoms with Crippen molar-refractivity contribution in [1.29, 1.82) is 0 Å². The van der Waals surface area contributed by atoms with Gasteiger partial charge in [-0.1, -0.05) is 29.0 Å². The number of carbonyl (C=O) groups excluding carboxylic acids is 1. The average molecular weight is 432 g/mol. The molecule has 0 aliphatic carbocycles. The van der Waals surface area contributed by atoms with Gasteiger partial charge in [0, 0.05) is 17.6 Å². The van der Waals surface area contributed by atoms with E-state index in [0.29, 0.717) is 20.9 Å². The fourth-order valence-corrected chi connectivity index (χ4v) is 6.18. The zero-order valence-electron chi connectivity index (χ0n) is 17.1. The number of nitrogens with zero attached hydrogens (tertiary/aromatic N) is 2. The third kappa shape index (κ3) is 4.49. The monoisotopic (exact) mass is 431 g/mol. The van der Waals surface area contributed by atoms with Gasteiger partial charge in [0.2, 0.25) is 10.0 Å². The summed E-state index contributed by atoms with van der Waals surface area (Å²) in [6, 6.07) is 11.9. The van der Waals surface area contributed by atoms with E-state index in [1.807, 2.05) is 46.8 Å². The molecule has 6 nitrogen and oxygen atoms in total. The third-order valence-electron chi connectivity index (χ3n) is 4.45. The normalized spacial score (nSPS) is 12.3. The summed E-state index contributed by atoms with van der Waals surface area (Å²) in [5, 5.41) is 3.24. The summed E-state index contributed by atoms with van der Waals surface area (Å²) in [7, 11) is -3.63. The van der Waals surface area contributed by atoms with Gasteiger partial charge in [-0.3, -0.25) is 10.1 Å². The molecule has 0 radical (unpaired) electrons. The predicted molar refractivity (Wildman–Crippen MR) is 118 cm³/mol. The highest BCUT2D eigenvalue weighted by Crippen LogP contribution is 2.30. The Morgan fingerprint density at radius 2 is 1.76 bits per heavy atom. The van der Waals surface area contributed by atoms with Crippen molar-refractivity contribution in [2.24, 2.45) is 0 Å². The summed E-state index contributed by atoms with van der Waals surface area (Å²) in [5.41, 5.74) is 2.20. The number of aromatic nitrogens is 1. The van der Waals surface area contributed by atoms with Crippen LogP contribution in [0.1, 0.15) is 43.6 Å². The number of sulfonamides is 1. The summed E-state index contributed by atoms with van der Waals surface area (Å²) >= 11 is 1.26. The van der Waals surface area contributed by atoms with Crippen LogP contribution in [-0.2, 0) is 10.0 Å². The minimum absolute atomic E-state index is 0.152. The number of carbonyl (C=O) groups is 1. The Morgan fingerprint density at radius 3 is 2.38 bits per heavy atom. The van der Waals surface area contributed by atoms with E-state index in [1.165, 1.54) is 15.6 Å². The second-order valence-electron chi connectivity index (χ2n) is 7.49. The molecule has 0 saturated carbocycles. The highest BCUT2D eigenvalue weighted by molar-refractivity contribution is 7.89. The lowest BCUT2D eigenvalue weighted by Crippen LogP contribution is -2.41. The van der Waals surface area contributed by atoms with Crippen LogP contribution in [0.15, 0.2) is 47.4 Å². The summed E-state index contributed by atoms with van der Waals surface area (Å²) in [4.78, 5) is 17.1. The SMILES string of the molecule is Cc1cccc(C(=O)Nc2nc3ccc(S(=O)(=O)N(C(C)C)C(C)C)cc3s2)c1. The molecular weight excluding hydrogens is 406 g/mol. The molecule has 8 heteroatoms. The Hall–Kier alpha value is -2.29. The third-order valence-corrected chi connectivity index (χ3v) is 7.64. The van der Waals surface area contributed by atoms with Crippen LogP contribution in [0.25, 0.3) is 10.2 Å². The number of hydrogen-bond acceptors (Lipinski definition) is 5. The van der Waals surface area contributed by atoms with E-state index in [-0.39, 0.29) is 22.9 Å². The van der Waals surface area contributed by atoms with Gasteiger partial charge in [-0.25, -0.2) is 13.4 Å². The van der Waals surface area contributed by atoms with Gasteiger partial charge in [-0.15, -0.1) is 0 Å². The molecule has 0 saturated heterocycles. The summed E-state index contributed by atoms with van der Waals surface area (Å²) in [6.07, 6.45) is 0. The van der Waals surface area contributed by atoms with Crippen molar-refractivity contribution < 1.29 is 13.2 Å². The molecule has 3 aromatic rings. The van der Waals surface area contributed by atoms with Crippen LogP contribution in [-0.4, -0.2) is 35.7 Å². The first-order valence-corrected chi connectivity index (χ1v) is 11.7. The predicted octanol–water partition coefficient (Wildman–Crippen LogP) is 4.66. The topological polar surface area (TPSA) is 79.4 Å². The molecule has 0 bridgehead atoms. The summed E-state index contributed by atoms with van der Waals surface area (Å²) in [6.45, 7) is 9.38. The van der Waals surface area contributed by atoms with Crippen molar-refractivity contribution >= 4 is 42.6 Å². The maximum atomic E-state index is 13.1. The van der Waals surface area contributed by atoms with Crippen molar-refractivity contribution in [1.82, 2.24) is 9.29 Å². The van der Waals surface area contributed by atoms with Gasteiger partial charge in [0.05, 0.1) is 15.1 Å². The van der Waals surface area contributed by atoms with Crippen molar-refractivity contribution in [3.05, 3.63) is 53.6 Å². The lowest BCUT2D eigenvalue weighted by molar-refractivity contribution is 0.102. The van der Waals surface area contributed by atoms with Crippen molar-refractivity contribution in [3.8, 4) is 0 Å². The van der Waals surface area contributed by atoms with Gasteiger partial charge < -0.3 is 0 Å². The quantitative estimate of drug-likeness (QED) is 0.615.